The van der Waals surface area contributed by atoms with E-state index in [-0.39, 0.29) is 0 Å². The number of rotatable bonds is 5. The van der Waals surface area contributed by atoms with Crippen LogP contribution in [0, 0.1) is 0 Å². The normalized spacial score (nSPS) is 15.5. The minimum absolute atomic E-state index is 0.643. The zero-order valence-electron chi connectivity index (χ0n) is 10.1. The third kappa shape index (κ3) is 5.72. The van der Waals surface area contributed by atoms with E-state index in [1.165, 1.54) is 6.07 Å². The Morgan fingerprint density at radius 2 is 1.14 bits per heavy atom. The van der Waals surface area contributed by atoms with E-state index in [0.29, 0.717) is 12.1 Å². The molecule has 0 saturated heterocycles. The van der Waals surface area contributed by atoms with Crippen molar-refractivity contribution in [2.24, 2.45) is 0 Å². The van der Waals surface area contributed by atoms with Gasteiger partial charge >= 0.3 is 113 Å². The molecule has 1 aromatic rings. The van der Waals surface area contributed by atoms with Gasteiger partial charge in [0.1, 0.15) is 0 Å². The predicted molar refractivity (Wildman–Crippen MR) is 59.2 cm³/mol. The first-order valence-corrected chi connectivity index (χ1v) is 7.11. The monoisotopic (exact) mass is 344 g/mol. The zero-order chi connectivity index (χ0) is 16.4. The molecular weight excluding hydrogens is 335 g/mol. The fourth-order valence-electron chi connectivity index (χ4n) is 1.21. The molecule has 0 aliphatic carbocycles. The Labute approximate surface area is 114 Å². The van der Waals surface area contributed by atoms with Crippen molar-refractivity contribution in [3.8, 4) is 0 Å². The topological polar surface area (TPSA) is 18.5 Å². The summed E-state index contributed by atoms with van der Waals surface area (Å²) in [5.74, 6) is 0. The molecule has 11 heteroatoms. The molecule has 0 fully saturated rings. The maximum absolute atomic E-state index is 14.3. The summed E-state index contributed by atoms with van der Waals surface area (Å²) < 4.78 is 108. The molecule has 0 radical (unpaired) electrons. The van der Waals surface area contributed by atoms with Gasteiger partial charge in [-0.05, 0) is 0 Å². The van der Waals surface area contributed by atoms with E-state index in [0.717, 1.165) is 12.1 Å². The second-order valence-corrected chi connectivity index (χ2v) is 6.44. The fraction of sp³-hybridized carbons (Fsp3) is 0.400. The van der Waals surface area contributed by atoms with Crippen molar-refractivity contribution < 1.29 is 43.8 Å². The summed E-state index contributed by atoms with van der Waals surface area (Å²) in [6.45, 7) is -4.85. The van der Waals surface area contributed by atoms with Crippen LogP contribution in [0.2, 0.25) is 0 Å². The molecule has 0 aliphatic heterocycles. The van der Waals surface area contributed by atoms with E-state index in [2.05, 4.69) is 9.05 Å². The van der Waals surface area contributed by atoms with Crippen LogP contribution in [0.1, 0.15) is 0 Å². The Hall–Kier alpha value is -0.990. The summed E-state index contributed by atoms with van der Waals surface area (Å²) in [4.78, 5) is 0. The van der Waals surface area contributed by atoms with Crippen LogP contribution in [0.25, 0.3) is 0 Å². The predicted octanol–water partition coefficient (Wildman–Crippen LogP) is 4.62. The minimum atomic E-state index is -7.27. The molecule has 0 saturated carbocycles. The van der Waals surface area contributed by atoms with E-state index in [4.69, 9.17) is 0 Å². The number of halogens is 8. The molecule has 1 aromatic carbocycles. The van der Waals surface area contributed by atoms with Crippen molar-refractivity contribution in [3.63, 3.8) is 0 Å². The van der Waals surface area contributed by atoms with Crippen molar-refractivity contribution in [3.05, 3.63) is 30.3 Å². The van der Waals surface area contributed by atoms with E-state index in [1.54, 1.807) is 0 Å². The number of hydrogen-bond acceptors (Lipinski definition) is 2. The van der Waals surface area contributed by atoms with E-state index < -0.39 is 38.5 Å². The van der Waals surface area contributed by atoms with E-state index >= 15 is 0 Å². The molecule has 0 unspecified atom stereocenters. The summed E-state index contributed by atoms with van der Waals surface area (Å²) >= 11 is 0. The molecule has 122 valence electrons. The van der Waals surface area contributed by atoms with Gasteiger partial charge in [-0.1, -0.05) is 0 Å². The van der Waals surface area contributed by atoms with Crippen LogP contribution < -0.4 is 5.30 Å². The third-order valence-electron chi connectivity index (χ3n) is 2.05. The standard InChI is InChI=1S/C10H9F8O2P/c11-9(12,13)6-19-21(17,18,20-7-10(14,15)16)8-4-2-1-3-5-8/h1-5H,6-7H2. The molecule has 1 rings (SSSR count). The first-order valence-electron chi connectivity index (χ1n) is 5.26. The number of benzene rings is 1. The molecule has 0 aliphatic rings. The number of hydrogen-bond donors (Lipinski definition) is 0. The average Bonchev–Trinajstić information content (AvgIpc) is 2.35. The molecule has 0 spiro atoms. The van der Waals surface area contributed by atoms with Crippen LogP contribution in [-0.2, 0) is 9.05 Å². The second-order valence-electron chi connectivity index (χ2n) is 3.88. The summed E-state index contributed by atoms with van der Waals surface area (Å²) in [5.41, 5.74) is 0. The van der Waals surface area contributed by atoms with Crippen molar-refractivity contribution in [2.45, 2.75) is 12.4 Å². The van der Waals surface area contributed by atoms with Gasteiger partial charge in [-0.25, -0.2) is 0 Å². The Bertz CT molecular complexity index is 448. The van der Waals surface area contributed by atoms with Gasteiger partial charge in [0.25, 0.3) is 0 Å². The van der Waals surface area contributed by atoms with Gasteiger partial charge in [0, 0.05) is 0 Å². The molecule has 0 heterocycles. The Balaban J connectivity index is 3.09. The van der Waals surface area contributed by atoms with Gasteiger partial charge in [0.05, 0.1) is 0 Å². The van der Waals surface area contributed by atoms with Crippen LogP contribution in [0.15, 0.2) is 30.3 Å². The molecule has 0 N–H and O–H groups in total. The Kier molecular flexibility index (Phi) is 4.87. The Morgan fingerprint density at radius 3 is 1.48 bits per heavy atom. The average molecular weight is 344 g/mol. The number of alkyl halides is 6. The molecule has 0 atom stereocenters. The van der Waals surface area contributed by atoms with Gasteiger partial charge < -0.3 is 0 Å². The summed E-state index contributed by atoms with van der Waals surface area (Å²) in [6, 6.07) is 4.58. The summed E-state index contributed by atoms with van der Waals surface area (Å²) in [5, 5.41) is -1.16. The van der Waals surface area contributed by atoms with Gasteiger partial charge in [-0.2, -0.15) is 0 Å². The first kappa shape index (κ1) is 18.1. The molecule has 0 amide bonds. The van der Waals surface area contributed by atoms with E-state index in [9.17, 15) is 34.7 Å². The van der Waals surface area contributed by atoms with Gasteiger partial charge in [-0.15, -0.1) is 0 Å². The van der Waals surface area contributed by atoms with Gasteiger partial charge in [0.2, 0.25) is 0 Å². The first-order chi connectivity index (χ1) is 9.31. The Morgan fingerprint density at radius 1 is 0.762 bits per heavy atom. The van der Waals surface area contributed by atoms with Crippen LogP contribution in [-0.4, -0.2) is 25.6 Å². The van der Waals surface area contributed by atoms with Crippen molar-refractivity contribution in [1.82, 2.24) is 0 Å². The summed E-state index contributed by atoms with van der Waals surface area (Å²) in [6.07, 6.45) is -10.3. The van der Waals surface area contributed by atoms with Crippen molar-refractivity contribution >= 4 is 13.0 Å². The van der Waals surface area contributed by atoms with E-state index in [1.807, 2.05) is 0 Å². The van der Waals surface area contributed by atoms with Crippen LogP contribution in [0.5, 0.6) is 0 Å². The van der Waals surface area contributed by atoms with Crippen molar-refractivity contribution in [2.75, 3.05) is 13.2 Å². The zero-order valence-corrected chi connectivity index (χ0v) is 11.0. The third-order valence-corrected chi connectivity index (χ3v) is 4.28. The van der Waals surface area contributed by atoms with Gasteiger partial charge in [-0.3, -0.25) is 0 Å². The molecular formula is C10H9F8O2P. The second kappa shape index (κ2) is 5.66. The quantitative estimate of drug-likeness (QED) is 0.573. The molecule has 21 heavy (non-hydrogen) atoms. The van der Waals surface area contributed by atoms with Crippen LogP contribution in [0.4, 0.5) is 34.7 Å². The van der Waals surface area contributed by atoms with Gasteiger partial charge in [0.15, 0.2) is 0 Å². The van der Waals surface area contributed by atoms with Crippen LogP contribution >= 0.6 is 7.68 Å². The molecule has 0 aromatic heterocycles. The SMILES string of the molecule is FC(F)(F)COP(F)(F)(OCC(F)(F)F)c1ccccc1. The maximum atomic E-state index is 14.3. The molecule has 0 bridgehead atoms. The fourth-order valence-corrected chi connectivity index (χ4v) is 2.95. The van der Waals surface area contributed by atoms with Crippen LogP contribution in [0.3, 0.4) is 0 Å². The van der Waals surface area contributed by atoms with Crippen molar-refractivity contribution in [1.29, 1.82) is 0 Å². The summed E-state index contributed by atoms with van der Waals surface area (Å²) in [7, 11) is -7.27. The molecule has 2 nitrogen and oxygen atoms in total.